The minimum atomic E-state index is 0.913. The molecule has 0 N–H and O–H groups in total. The normalized spacial score (nSPS) is 13.2. The summed E-state index contributed by atoms with van der Waals surface area (Å²) in [7, 11) is 0. The zero-order valence-corrected chi connectivity index (χ0v) is 19.9. The van der Waals surface area contributed by atoms with Gasteiger partial charge in [0.05, 0.1) is 22.8 Å². The lowest BCUT2D eigenvalue weighted by Crippen LogP contribution is -2.15. The lowest BCUT2D eigenvalue weighted by atomic mass is 9.84. The molecule has 0 atom stereocenters. The summed E-state index contributed by atoms with van der Waals surface area (Å²) >= 11 is 0. The second-order valence-corrected chi connectivity index (χ2v) is 9.42. The van der Waals surface area contributed by atoms with E-state index in [0.717, 1.165) is 35.6 Å². The maximum Gasteiger partial charge on any atom is 0.0787 e. The quantitative estimate of drug-likeness (QED) is 0.251. The van der Waals surface area contributed by atoms with Crippen LogP contribution < -0.4 is 0 Å². The second kappa shape index (κ2) is 8.58. The van der Waals surface area contributed by atoms with Crippen LogP contribution in [0.2, 0.25) is 0 Å². The van der Waals surface area contributed by atoms with Crippen LogP contribution in [-0.2, 0) is 12.8 Å². The molecule has 5 aromatic rings. The zero-order valence-electron chi connectivity index (χ0n) is 19.9. The number of fused-ring (bicyclic) bond motifs is 4. The molecule has 0 saturated heterocycles. The van der Waals surface area contributed by atoms with Crippen LogP contribution in [0.3, 0.4) is 0 Å². The van der Waals surface area contributed by atoms with Crippen molar-refractivity contribution in [3.05, 3.63) is 166 Å². The number of hydrogen-bond acceptors (Lipinski definition) is 2. The highest BCUT2D eigenvalue weighted by Crippen LogP contribution is 2.33. The maximum atomic E-state index is 5.19. The summed E-state index contributed by atoms with van der Waals surface area (Å²) in [5, 5.41) is 0. The van der Waals surface area contributed by atoms with Gasteiger partial charge in [-0.05, 0) is 53.3 Å². The third kappa shape index (κ3) is 3.59. The predicted octanol–water partition coefficient (Wildman–Crippen LogP) is 7.83. The minimum Gasteiger partial charge on any atom is -0.248 e. The van der Waals surface area contributed by atoms with E-state index >= 15 is 0 Å². The van der Waals surface area contributed by atoms with E-state index < -0.39 is 0 Å². The van der Waals surface area contributed by atoms with Crippen LogP contribution in [0.25, 0.3) is 0 Å². The molecule has 2 aliphatic rings. The van der Waals surface area contributed by atoms with Gasteiger partial charge in [-0.2, -0.15) is 0 Å². The molecule has 2 nitrogen and oxygen atoms in total. The Morgan fingerprint density at radius 2 is 0.694 bits per heavy atom. The molecule has 2 aliphatic carbocycles. The predicted molar refractivity (Wildman–Crippen MR) is 148 cm³/mol. The van der Waals surface area contributed by atoms with Crippen molar-refractivity contribution in [3.8, 4) is 0 Å². The number of aliphatic imine (C=N–C) groups is 2. The van der Waals surface area contributed by atoms with Crippen molar-refractivity contribution in [2.75, 3.05) is 0 Å². The summed E-state index contributed by atoms with van der Waals surface area (Å²) < 4.78 is 0. The molecular weight excluding hydrogens is 436 g/mol. The van der Waals surface area contributed by atoms with Crippen LogP contribution in [0.1, 0.15) is 44.5 Å². The molecule has 0 unspecified atom stereocenters. The van der Waals surface area contributed by atoms with Gasteiger partial charge in [-0.25, -0.2) is 9.98 Å². The van der Waals surface area contributed by atoms with Gasteiger partial charge in [0, 0.05) is 22.3 Å². The molecule has 7 rings (SSSR count). The lowest BCUT2D eigenvalue weighted by Gasteiger charge is -2.22. The summed E-state index contributed by atoms with van der Waals surface area (Å²) in [5.41, 5.74) is 14.0. The molecular formula is C34H24N2. The minimum absolute atomic E-state index is 0.913. The summed E-state index contributed by atoms with van der Waals surface area (Å²) in [6.45, 7) is 0. The number of rotatable bonds is 2. The SMILES string of the molecule is c1cc(N=C2c3ccccc3Cc3ccccc32)cc(N=C2c3ccccc3Cc3ccccc32)c1. The van der Waals surface area contributed by atoms with E-state index in [4.69, 9.17) is 9.98 Å². The molecule has 170 valence electrons. The van der Waals surface area contributed by atoms with Crippen LogP contribution >= 0.6 is 0 Å². The van der Waals surface area contributed by atoms with E-state index in [-0.39, 0.29) is 0 Å². The van der Waals surface area contributed by atoms with E-state index in [1.807, 2.05) is 0 Å². The van der Waals surface area contributed by atoms with Crippen LogP contribution in [-0.4, -0.2) is 11.4 Å². The summed E-state index contributed by atoms with van der Waals surface area (Å²) in [6, 6.07) is 42.7. The first-order valence-electron chi connectivity index (χ1n) is 12.4. The first-order chi connectivity index (χ1) is 17.8. The topological polar surface area (TPSA) is 24.7 Å². The Morgan fingerprint density at radius 3 is 1.06 bits per heavy atom. The Hall–Kier alpha value is -4.56. The molecule has 0 radical (unpaired) electrons. The first kappa shape index (κ1) is 20.8. The fraction of sp³-hybridized carbons (Fsp3) is 0.0588. The van der Waals surface area contributed by atoms with Gasteiger partial charge in [-0.15, -0.1) is 0 Å². The zero-order chi connectivity index (χ0) is 23.9. The van der Waals surface area contributed by atoms with Gasteiger partial charge < -0.3 is 0 Å². The van der Waals surface area contributed by atoms with Gasteiger partial charge in [0.25, 0.3) is 0 Å². The van der Waals surface area contributed by atoms with Crippen LogP contribution in [0, 0.1) is 0 Å². The Morgan fingerprint density at radius 1 is 0.361 bits per heavy atom. The Labute approximate surface area is 211 Å². The fourth-order valence-electron chi connectivity index (χ4n) is 5.45. The smallest absolute Gasteiger partial charge is 0.0787 e. The summed E-state index contributed by atoms with van der Waals surface area (Å²) in [5.74, 6) is 0. The average Bonchev–Trinajstić information content (AvgIpc) is 2.93. The number of benzene rings is 5. The third-order valence-electron chi connectivity index (χ3n) is 7.16. The largest absolute Gasteiger partial charge is 0.248 e. The van der Waals surface area contributed by atoms with E-state index in [2.05, 4.69) is 121 Å². The highest BCUT2D eigenvalue weighted by atomic mass is 14.8. The van der Waals surface area contributed by atoms with Gasteiger partial charge in [-0.1, -0.05) is 103 Å². The standard InChI is InChI=1S/C34H24N2/c1-5-16-29-23(10-1)20-24-11-2-6-17-30(24)33(29)35-27-14-9-15-28(22-27)36-34-31-18-7-3-12-25(31)21-26-13-4-8-19-32(26)34/h1-19,22H,20-21H2. The van der Waals surface area contributed by atoms with Crippen LogP contribution in [0.4, 0.5) is 11.4 Å². The molecule has 0 aromatic heterocycles. The molecule has 0 amide bonds. The first-order valence-corrected chi connectivity index (χ1v) is 12.4. The van der Waals surface area contributed by atoms with Crippen molar-refractivity contribution < 1.29 is 0 Å². The highest BCUT2D eigenvalue weighted by molar-refractivity contribution is 6.18. The molecule has 0 aliphatic heterocycles. The Balaban J connectivity index is 1.36. The molecule has 36 heavy (non-hydrogen) atoms. The monoisotopic (exact) mass is 460 g/mol. The van der Waals surface area contributed by atoms with Crippen molar-refractivity contribution in [2.24, 2.45) is 9.98 Å². The van der Waals surface area contributed by atoms with Gasteiger partial charge in [0.1, 0.15) is 0 Å². The Bertz CT molecular complexity index is 1470. The Kier molecular flexibility index (Phi) is 4.96. The number of hydrogen-bond donors (Lipinski definition) is 0. The number of nitrogens with zero attached hydrogens (tertiary/aromatic N) is 2. The molecule has 2 heteroatoms. The van der Waals surface area contributed by atoms with E-state index in [0.29, 0.717) is 0 Å². The van der Waals surface area contributed by atoms with Crippen molar-refractivity contribution >= 4 is 22.8 Å². The molecule has 5 aromatic carbocycles. The average molecular weight is 461 g/mol. The van der Waals surface area contributed by atoms with Gasteiger partial charge in [-0.3, -0.25) is 0 Å². The van der Waals surface area contributed by atoms with E-state index in [9.17, 15) is 0 Å². The second-order valence-electron chi connectivity index (χ2n) is 9.42. The third-order valence-corrected chi connectivity index (χ3v) is 7.16. The molecule has 0 spiro atoms. The van der Waals surface area contributed by atoms with Gasteiger partial charge in [0.2, 0.25) is 0 Å². The summed E-state index contributed by atoms with van der Waals surface area (Å²) in [6.07, 6.45) is 1.88. The molecule has 0 heterocycles. The van der Waals surface area contributed by atoms with Crippen molar-refractivity contribution in [1.29, 1.82) is 0 Å². The molecule has 0 fully saturated rings. The van der Waals surface area contributed by atoms with Gasteiger partial charge >= 0.3 is 0 Å². The summed E-state index contributed by atoms with van der Waals surface area (Å²) in [4.78, 5) is 10.4. The van der Waals surface area contributed by atoms with Crippen molar-refractivity contribution in [3.63, 3.8) is 0 Å². The maximum absolute atomic E-state index is 5.19. The molecule has 0 bridgehead atoms. The highest BCUT2D eigenvalue weighted by Gasteiger charge is 2.22. The molecule has 0 saturated carbocycles. The van der Waals surface area contributed by atoms with E-state index in [1.165, 1.54) is 44.5 Å². The lowest BCUT2D eigenvalue weighted by molar-refractivity contribution is 1.15. The van der Waals surface area contributed by atoms with Crippen molar-refractivity contribution in [2.45, 2.75) is 12.8 Å². The van der Waals surface area contributed by atoms with Crippen LogP contribution in [0.5, 0.6) is 0 Å². The van der Waals surface area contributed by atoms with Crippen LogP contribution in [0.15, 0.2) is 131 Å². The fourth-order valence-corrected chi connectivity index (χ4v) is 5.45. The van der Waals surface area contributed by atoms with Crippen molar-refractivity contribution in [1.82, 2.24) is 0 Å². The van der Waals surface area contributed by atoms with E-state index in [1.54, 1.807) is 0 Å². The van der Waals surface area contributed by atoms with Gasteiger partial charge in [0.15, 0.2) is 0 Å².